The quantitative estimate of drug-likeness (QED) is 0.732. The van der Waals surface area contributed by atoms with E-state index in [9.17, 15) is 4.39 Å². The molecule has 0 amide bonds. The molecule has 100 valence electrons. The number of benzene rings is 1. The van der Waals surface area contributed by atoms with Gasteiger partial charge in [0.2, 0.25) is 0 Å². The van der Waals surface area contributed by atoms with Gasteiger partial charge in [-0.05, 0) is 53.5 Å². The zero-order chi connectivity index (χ0) is 13.1. The molecule has 0 N–H and O–H groups in total. The zero-order valence-corrected chi connectivity index (χ0v) is 12.8. The molecule has 2 atom stereocenters. The SMILES string of the molecule is CN(Cc1ccc(F)c(Br)c1)C1CCCCC1Cl. The predicted molar refractivity (Wildman–Crippen MR) is 77.5 cm³/mol. The Hall–Kier alpha value is -0.120. The van der Waals surface area contributed by atoms with E-state index in [1.807, 2.05) is 12.1 Å². The molecule has 0 bridgehead atoms. The molecule has 1 aliphatic carbocycles. The Balaban J connectivity index is 2.01. The third kappa shape index (κ3) is 3.46. The highest BCUT2D eigenvalue weighted by Crippen LogP contribution is 2.28. The first-order valence-corrected chi connectivity index (χ1v) is 7.59. The van der Waals surface area contributed by atoms with E-state index in [1.165, 1.54) is 18.9 Å². The lowest BCUT2D eigenvalue weighted by Gasteiger charge is -2.35. The van der Waals surface area contributed by atoms with E-state index in [1.54, 1.807) is 0 Å². The lowest BCUT2D eigenvalue weighted by atomic mass is 9.93. The second-order valence-corrected chi connectivity index (χ2v) is 6.45. The zero-order valence-electron chi connectivity index (χ0n) is 10.5. The minimum atomic E-state index is -0.214. The van der Waals surface area contributed by atoms with Crippen molar-refractivity contribution < 1.29 is 4.39 Å². The Morgan fingerprint density at radius 3 is 2.78 bits per heavy atom. The van der Waals surface area contributed by atoms with E-state index in [0.29, 0.717) is 10.5 Å². The van der Waals surface area contributed by atoms with Gasteiger partial charge in [-0.3, -0.25) is 4.90 Å². The molecule has 1 aliphatic rings. The van der Waals surface area contributed by atoms with Crippen LogP contribution >= 0.6 is 27.5 Å². The van der Waals surface area contributed by atoms with Gasteiger partial charge < -0.3 is 0 Å². The van der Waals surface area contributed by atoms with Gasteiger partial charge in [-0.15, -0.1) is 11.6 Å². The number of nitrogens with zero attached hydrogens (tertiary/aromatic N) is 1. The molecule has 1 aromatic carbocycles. The summed E-state index contributed by atoms with van der Waals surface area (Å²) < 4.78 is 13.7. The third-order valence-corrected chi connectivity index (χ3v) is 4.75. The molecule has 2 unspecified atom stereocenters. The molecule has 0 saturated heterocycles. The summed E-state index contributed by atoms with van der Waals surface area (Å²) in [5, 5.41) is 0.243. The Morgan fingerprint density at radius 2 is 2.11 bits per heavy atom. The van der Waals surface area contributed by atoms with Crippen LogP contribution < -0.4 is 0 Å². The highest BCUT2D eigenvalue weighted by atomic mass is 79.9. The van der Waals surface area contributed by atoms with Gasteiger partial charge >= 0.3 is 0 Å². The van der Waals surface area contributed by atoms with Crippen molar-refractivity contribution in [3.63, 3.8) is 0 Å². The summed E-state index contributed by atoms with van der Waals surface area (Å²) >= 11 is 9.61. The topological polar surface area (TPSA) is 3.24 Å². The van der Waals surface area contributed by atoms with E-state index < -0.39 is 0 Å². The number of rotatable bonds is 3. The molecule has 0 radical (unpaired) electrons. The third-order valence-electron chi connectivity index (χ3n) is 3.63. The molecule has 2 rings (SSSR count). The number of hydrogen-bond donors (Lipinski definition) is 0. The van der Waals surface area contributed by atoms with Crippen LogP contribution in [0.15, 0.2) is 22.7 Å². The second-order valence-electron chi connectivity index (χ2n) is 5.03. The molecule has 1 nitrogen and oxygen atoms in total. The lowest BCUT2D eigenvalue weighted by molar-refractivity contribution is 0.188. The number of hydrogen-bond acceptors (Lipinski definition) is 1. The van der Waals surface area contributed by atoms with E-state index >= 15 is 0 Å². The fraction of sp³-hybridized carbons (Fsp3) is 0.571. The summed E-state index contributed by atoms with van der Waals surface area (Å²) in [5.41, 5.74) is 1.11. The average Bonchev–Trinajstić information content (AvgIpc) is 2.34. The summed E-state index contributed by atoms with van der Waals surface area (Å²) in [6, 6.07) is 5.62. The summed E-state index contributed by atoms with van der Waals surface area (Å²) in [4.78, 5) is 2.29. The van der Waals surface area contributed by atoms with Gasteiger partial charge in [0.1, 0.15) is 5.82 Å². The van der Waals surface area contributed by atoms with Crippen molar-refractivity contribution in [1.29, 1.82) is 0 Å². The van der Waals surface area contributed by atoms with Gasteiger partial charge in [-0.25, -0.2) is 4.39 Å². The van der Waals surface area contributed by atoms with Gasteiger partial charge in [-0.1, -0.05) is 18.9 Å². The largest absolute Gasteiger partial charge is 0.298 e. The first-order valence-electron chi connectivity index (χ1n) is 6.36. The molecule has 0 heterocycles. The van der Waals surface area contributed by atoms with E-state index in [4.69, 9.17) is 11.6 Å². The van der Waals surface area contributed by atoms with Crippen molar-refractivity contribution in [3.05, 3.63) is 34.1 Å². The molecular weight excluding hydrogens is 317 g/mol. The van der Waals surface area contributed by atoms with Crippen LogP contribution in [0.3, 0.4) is 0 Å². The molecule has 18 heavy (non-hydrogen) atoms. The van der Waals surface area contributed by atoms with Crippen LogP contribution in [-0.2, 0) is 6.54 Å². The Morgan fingerprint density at radius 1 is 1.39 bits per heavy atom. The van der Waals surface area contributed by atoms with Crippen molar-refractivity contribution in [2.45, 2.75) is 43.6 Å². The van der Waals surface area contributed by atoms with E-state index in [-0.39, 0.29) is 11.2 Å². The molecule has 1 fully saturated rings. The van der Waals surface area contributed by atoms with Crippen LogP contribution in [-0.4, -0.2) is 23.4 Å². The van der Waals surface area contributed by atoms with Gasteiger partial charge in [0.05, 0.1) is 4.47 Å². The number of alkyl halides is 1. The highest BCUT2D eigenvalue weighted by Gasteiger charge is 2.26. The maximum Gasteiger partial charge on any atom is 0.137 e. The fourth-order valence-corrected chi connectivity index (χ4v) is 3.50. The first-order chi connectivity index (χ1) is 8.58. The fourth-order valence-electron chi connectivity index (χ4n) is 2.61. The summed E-state index contributed by atoms with van der Waals surface area (Å²) in [7, 11) is 2.10. The van der Waals surface area contributed by atoms with E-state index in [0.717, 1.165) is 24.9 Å². The normalized spacial score (nSPS) is 24.5. The molecule has 0 aliphatic heterocycles. The molecular formula is C14H18BrClFN. The maximum atomic E-state index is 13.2. The molecule has 0 aromatic heterocycles. The Bertz CT molecular complexity index is 413. The average molecular weight is 335 g/mol. The minimum Gasteiger partial charge on any atom is -0.298 e. The standard InChI is InChI=1S/C14H18BrClFN/c1-18(14-5-3-2-4-12(14)16)9-10-6-7-13(17)11(15)8-10/h6-8,12,14H,2-5,9H2,1H3. The monoisotopic (exact) mass is 333 g/mol. The predicted octanol–water partition coefficient (Wildman–Crippen LogP) is 4.57. The van der Waals surface area contributed by atoms with Crippen molar-refractivity contribution >= 4 is 27.5 Å². The Kier molecular flexibility index (Phi) is 5.05. The van der Waals surface area contributed by atoms with Crippen molar-refractivity contribution in [2.75, 3.05) is 7.05 Å². The van der Waals surface area contributed by atoms with Crippen LogP contribution in [0.2, 0.25) is 0 Å². The highest BCUT2D eigenvalue weighted by molar-refractivity contribution is 9.10. The molecule has 1 saturated carbocycles. The molecule has 4 heteroatoms. The van der Waals surface area contributed by atoms with Crippen LogP contribution in [0, 0.1) is 5.82 Å². The maximum absolute atomic E-state index is 13.2. The van der Waals surface area contributed by atoms with Crippen molar-refractivity contribution in [3.8, 4) is 0 Å². The van der Waals surface area contributed by atoms with Crippen LogP contribution in [0.25, 0.3) is 0 Å². The molecule has 0 spiro atoms. The minimum absolute atomic E-state index is 0.214. The summed E-state index contributed by atoms with van der Waals surface area (Å²) in [6.45, 7) is 0.812. The molecule has 1 aromatic rings. The van der Waals surface area contributed by atoms with Gasteiger partial charge in [0.25, 0.3) is 0 Å². The van der Waals surface area contributed by atoms with Crippen molar-refractivity contribution in [1.82, 2.24) is 4.90 Å². The number of halogens is 3. The summed E-state index contributed by atoms with van der Waals surface area (Å²) in [5.74, 6) is -0.214. The van der Waals surface area contributed by atoms with Crippen molar-refractivity contribution in [2.24, 2.45) is 0 Å². The Labute approximate surface area is 121 Å². The van der Waals surface area contributed by atoms with E-state index in [2.05, 4.69) is 27.9 Å². The van der Waals surface area contributed by atoms with Crippen LogP contribution in [0.4, 0.5) is 4.39 Å². The second kappa shape index (κ2) is 6.36. The van der Waals surface area contributed by atoms with Gasteiger partial charge in [0.15, 0.2) is 0 Å². The summed E-state index contributed by atoms with van der Waals surface area (Å²) in [6.07, 6.45) is 4.75. The van der Waals surface area contributed by atoms with Gasteiger partial charge in [-0.2, -0.15) is 0 Å². The van der Waals surface area contributed by atoms with Crippen LogP contribution in [0.1, 0.15) is 31.2 Å². The van der Waals surface area contributed by atoms with Gasteiger partial charge in [0, 0.05) is 18.0 Å². The lowest BCUT2D eigenvalue weighted by Crippen LogP contribution is -2.40. The van der Waals surface area contributed by atoms with Crippen LogP contribution in [0.5, 0.6) is 0 Å². The smallest absolute Gasteiger partial charge is 0.137 e. The first kappa shape index (κ1) is 14.3.